The number of methoxy groups -OCH3 is 1. The van der Waals surface area contributed by atoms with Crippen LogP contribution in [0, 0.1) is 0 Å². The summed E-state index contributed by atoms with van der Waals surface area (Å²) in [6.45, 7) is 7.00. The summed E-state index contributed by atoms with van der Waals surface area (Å²) in [5, 5.41) is 3.01. The van der Waals surface area contributed by atoms with Gasteiger partial charge in [0.05, 0.1) is 7.11 Å². The summed E-state index contributed by atoms with van der Waals surface area (Å²) in [4.78, 5) is 20.0. The fourth-order valence-corrected chi connectivity index (χ4v) is 4.05. The largest absolute Gasteiger partial charge is 0.497 e. The van der Waals surface area contributed by atoms with Gasteiger partial charge in [-0.3, -0.25) is 4.79 Å². The zero-order valence-corrected chi connectivity index (χ0v) is 22.5. The fraction of sp³-hybridized carbons (Fsp3) is 0.290. The van der Waals surface area contributed by atoms with E-state index in [1.54, 1.807) is 7.11 Å². The average molecular weight is 498 g/mol. The molecule has 37 heavy (non-hydrogen) atoms. The second-order valence-corrected chi connectivity index (χ2v) is 10.3. The number of benzene rings is 3. The summed E-state index contributed by atoms with van der Waals surface area (Å²) in [5.74, 6) is 1.41. The summed E-state index contributed by atoms with van der Waals surface area (Å²) in [6, 6.07) is 23.9. The lowest BCUT2D eigenvalue weighted by molar-refractivity contribution is 0.0950. The molecule has 0 spiro atoms. The van der Waals surface area contributed by atoms with E-state index in [1.807, 2.05) is 79.7 Å². The molecule has 192 valence electrons. The van der Waals surface area contributed by atoms with Crippen LogP contribution >= 0.6 is 0 Å². The van der Waals surface area contributed by atoms with Crippen LogP contribution in [0.4, 0.5) is 5.69 Å². The topological polar surface area (TPSA) is 67.6 Å². The van der Waals surface area contributed by atoms with Crippen LogP contribution in [0.2, 0.25) is 0 Å². The number of nitrogens with one attached hydrogen (secondary N) is 1. The molecule has 0 atom stereocenters. The van der Waals surface area contributed by atoms with Crippen LogP contribution in [-0.4, -0.2) is 38.6 Å². The number of carbonyl (C=O) groups excluding carboxylic acids is 1. The molecule has 1 heterocycles. The standard InChI is InChI=1S/C31H35N3O3/c1-31(2,3)24-14-10-23(11-15-24)30-33-27(28(37-30)22-12-16-25(17-13-22)34(4)5)29(35)32-19-18-21-8-7-9-26(20-21)36-6/h7-17,20H,18-19H2,1-6H3,(H,32,35). The monoisotopic (exact) mass is 497 g/mol. The molecule has 0 bridgehead atoms. The van der Waals surface area contributed by atoms with Crippen LogP contribution in [0.15, 0.2) is 77.2 Å². The van der Waals surface area contributed by atoms with Crippen LogP contribution in [0.25, 0.3) is 22.8 Å². The molecular weight excluding hydrogens is 462 g/mol. The molecule has 3 aromatic carbocycles. The highest BCUT2D eigenvalue weighted by Gasteiger charge is 2.23. The van der Waals surface area contributed by atoms with Crippen molar-refractivity contribution in [2.75, 3.05) is 32.6 Å². The van der Waals surface area contributed by atoms with Crippen LogP contribution < -0.4 is 15.0 Å². The van der Waals surface area contributed by atoms with Crippen molar-refractivity contribution in [3.05, 3.63) is 89.6 Å². The van der Waals surface area contributed by atoms with Crippen LogP contribution in [0.5, 0.6) is 5.75 Å². The SMILES string of the molecule is COc1cccc(CCNC(=O)c2nc(-c3ccc(C(C)(C)C)cc3)oc2-c2ccc(N(C)C)cc2)c1. The van der Waals surface area contributed by atoms with Gasteiger partial charge >= 0.3 is 0 Å². The normalized spacial score (nSPS) is 11.3. The number of amides is 1. The van der Waals surface area contributed by atoms with Crippen molar-refractivity contribution in [3.8, 4) is 28.5 Å². The third kappa shape index (κ3) is 6.20. The number of oxazole rings is 1. The number of aromatic nitrogens is 1. The molecule has 0 aliphatic rings. The number of ether oxygens (including phenoxy) is 1. The quantitative estimate of drug-likeness (QED) is 0.307. The Morgan fingerprint density at radius 3 is 2.27 bits per heavy atom. The number of rotatable bonds is 8. The first kappa shape index (κ1) is 26.0. The third-order valence-electron chi connectivity index (χ3n) is 6.32. The molecule has 0 aliphatic carbocycles. The van der Waals surface area contributed by atoms with E-state index in [1.165, 1.54) is 5.56 Å². The summed E-state index contributed by atoms with van der Waals surface area (Å²) in [7, 11) is 5.63. The zero-order chi connectivity index (χ0) is 26.6. The Balaban J connectivity index is 1.61. The third-order valence-corrected chi connectivity index (χ3v) is 6.32. The van der Waals surface area contributed by atoms with Gasteiger partial charge in [-0.1, -0.05) is 45.0 Å². The number of anilines is 1. The molecule has 1 amide bonds. The highest BCUT2D eigenvalue weighted by Crippen LogP contribution is 2.32. The maximum atomic E-state index is 13.3. The minimum Gasteiger partial charge on any atom is -0.497 e. The minimum absolute atomic E-state index is 0.0439. The van der Waals surface area contributed by atoms with E-state index in [0.717, 1.165) is 28.1 Å². The Bertz CT molecular complexity index is 1350. The smallest absolute Gasteiger partial charge is 0.273 e. The van der Waals surface area contributed by atoms with Crippen molar-refractivity contribution in [1.82, 2.24) is 10.3 Å². The van der Waals surface area contributed by atoms with Crippen molar-refractivity contribution < 1.29 is 13.9 Å². The van der Waals surface area contributed by atoms with E-state index in [4.69, 9.17) is 9.15 Å². The summed E-state index contributed by atoms with van der Waals surface area (Å²) in [5.41, 5.74) is 5.31. The highest BCUT2D eigenvalue weighted by molar-refractivity contribution is 5.98. The Kier molecular flexibility index (Phi) is 7.67. The Morgan fingerprint density at radius 2 is 1.65 bits per heavy atom. The van der Waals surface area contributed by atoms with Gasteiger partial charge < -0.3 is 19.4 Å². The molecular formula is C31H35N3O3. The summed E-state index contributed by atoms with van der Waals surface area (Å²) >= 11 is 0. The van der Waals surface area contributed by atoms with Gasteiger partial charge in [-0.05, 0) is 71.5 Å². The molecule has 1 aromatic heterocycles. The van der Waals surface area contributed by atoms with Gasteiger partial charge in [0, 0.05) is 37.5 Å². The lowest BCUT2D eigenvalue weighted by atomic mass is 9.87. The van der Waals surface area contributed by atoms with Gasteiger partial charge in [0.25, 0.3) is 5.91 Å². The predicted molar refractivity (Wildman–Crippen MR) is 149 cm³/mol. The van der Waals surface area contributed by atoms with E-state index >= 15 is 0 Å². The van der Waals surface area contributed by atoms with E-state index in [-0.39, 0.29) is 17.0 Å². The molecule has 4 aromatic rings. The van der Waals surface area contributed by atoms with Gasteiger partial charge in [-0.2, -0.15) is 0 Å². The van der Waals surface area contributed by atoms with Gasteiger partial charge in [0.2, 0.25) is 5.89 Å². The van der Waals surface area contributed by atoms with Crippen molar-refractivity contribution in [3.63, 3.8) is 0 Å². The van der Waals surface area contributed by atoms with E-state index < -0.39 is 0 Å². The van der Waals surface area contributed by atoms with Crippen LogP contribution in [0.3, 0.4) is 0 Å². The van der Waals surface area contributed by atoms with E-state index in [2.05, 4.69) is 43.2 Å². The second-order valence-electron chi connectivity index (χ2n) is 10.3. The van der Waals surface area contributed by atoms with Crippen LogP contribution in [0.1, 0.15) is 42.4 Å². The molecule has 0 radical (unpaired) electrons. The molecule has 1 N–H and O–H groups in total. The molecule has 6 heteroatoms. The lowest BCUT2D eigenvalue weighted by Gasteiger charge is -2.18. The number of hydrogen-bond acceptors (Lipinski definition) is 5. The molecule has 4 rings (SSSR count). The Hall–Kier alpha value is -4.06. The molecule has 0 aliphatic heterocycles. The minimum atomic E-state index is -0.268. The second kappa shape index (κ2) is 10.9. The number of carbonyl (C=O) groups is 1. The predicted octanol–water partition coefficient (Wildman–Crippen LogP) is 6.35. The fourth-order valence-electron chi connectivity index (χ4n) is 4.05. The maximum absolute atomic E-state index is 13.3. The van der Waals surface area contributed by atoms with Crippen molar-refractivity contribution >= 4 is 11.6 Å². The van der Waals surface area contributed by atoms with E-state index in [0.29, 0.717) is 24.6 Å². The zero-order valence-electron chi connectivity index (χ0n) is 22.5. The van der Waals surface area contributed by atoms with Gasteiger partial charge in [0.1, 0.15) is 5.75 Å². The maximum Gasteiger partial charge on any atom is 0.273 e. The van der Waals surface area contributed by atoms with E-state index in [9.17, 15) is 4.79 Å². The van der Waals surface area contributed by atoms with Crippen molar-refractivity contribution in [2.24, 2.45) is 0 Å². The van der Waals surface area contributed by atoms with Crippen LogP contribution in [-0.2, 0) is 11.8 Å². The Labute approximate surface area is 219 Å². The first-order valence-corrected chi connectivity index (χ1v) is 12.5. The molecule has 0 saturated heterocycles. The molecule has 0 saturated carbocycles. The average Bonchev–Trinajstić information content (AvgIpc) is 3.34. The molecule has 0 fully saturated rings. The molecule has 6 nitrogen and oxygen atoms in total. The first-order valence-electron chi connectivity index (χ1n) is 12.5. The van der Waals surface area contributed by atoms with Gasteiger partial charge in [-0.25, -0.2) is 4.98 Å². The highest BCUT2D eigenvalue weighted by atomic mass is 16.5. The lowest BCUT2D eigenvalue weighted by Crippen LogP contribution is -2.26. The molecule has 0 unspecified atom stereocenters. The summed E-state index contributed by atoms with van der Waals surface area (Å²) < 4.78 is 11.5. The first-order chi connectivity index (χ1) is 17.7. The summed E-state index contributed by atoms with van der Waals surface area (Å²) in [6.07, 6.45) is 0.675. The Morgan fingerprint density at radius 1 is 0.973 bits per heavy atom. The number of hydrogen-bond donors (Lipinski definition) is 1. The van der Waals surface area contributed by atoms with Gasteiger partial charge in [0.15, 0.2) is 11.5 Å². The van der Waals surface area contributed by atoms with Crippen molar-refractivity contribution in [1.29, 1.82) is 0 Å². The van der Waals surface area contributed by atoms with Crippen molar-refractivity contribution in [2.45, 2.75) is 32.6 Å². The van der Waals surface area contributed by atoms with Gasteiger partial charge in [-0.15, -0.1) is 0 Å². The number of nitrogens with zero attached hydrogens (tertiary/aromatic N) is 2.